The van der Waals surface area contributed by atoms with Crippen LogP contribution in [0.4, 0.5) is 0 Å². The van der Waals surface area contributed by atoms with Gasteiger partial charge in [-0.25, -0.2) is 0 Å². The number of hydrogen-bond acceptors (Lipinski definition) is 5. The summed E-state index contributed by atoms with van der Waals surface area (Å²) in [5.41, 5.74) is 2.28. The molecule has 6 nitrogen and oxygen atoms in total. The first-order valence-electron chi connectivity index (χ1n) is 9.67. The maximum atomic E-state index is 12.3. The highest BCUT2D eigenvalue weighted by atomic mass is 16.5. The summed E-state index contributed by atoms with van der Waals surface area (Å²) in [4.78, 5) is 35.4. The van der Waals surface area contributed by atoms with Gasteiger partial charge in [0.1, 0.15) is 5.75 Å². The van der Waals surface area contributed by atoms with Gasteiger partial charge in [-0.05, 0) is 37.5 Å². The number of hydrogen-bond donors (Lipinski definition) is 1. The number of benzene rings is 2. The summed E-state index contributed by atoms with van der Waals surface area (Å²) in [5.74, 6) is -0.0618. The van der Waals surface area contributed by atoms with Gasteiger partial charge in [0.2, 0.25) is 5.91 Å². The summed E-state index contributed by atoms with van der Waals surface area (Å²) in [6.07, 6.45) is 0.656. The molecule has 0 aliphatic heterocycles. The van der Waals surface area contributed by atoms with E-state index in [2.05, 4.69) is 5.32 Å². The number of Topliss-reactive ketones (excluding diaryl/α,β-unsaturated/α-hetero) is 1. The highest BCUT2D eigenvalue weighted by Crippen LogP contribution is 2.19. The lowest BCUT2D eigenvalue weighted by Crippen LogP contribution is -2.23. The molecule has 0 bridgehead atoms. The molecule has 1 N–H and O–H groups in total. The zero-order valence-electron chi connectivity index (χ0n) is 17.1. The van der Waals surface area contributed by atoms with Gasteiger partial charge < -0.3 is 14.8 Å². The van der Waals surface area contributed by atoms with Gasteiger partial charge >= 0.3 is 5.97 Å². The Bertz CT molecular complexity index is 845. The number of ketones is 1. The van der Waals surface area contributed by atoms with Crippen LogP contribution >= 0.6 is 0 Å². The van der Waals surface area contributed by atoms with Gasteiger partial charge in [0, 0.05) is 18.9 Å². The molecule has 2 rings (SSSR count). The average Bonchev–Trinajstić information content (AvgIpc) is 2.71. The first-order chi connectivity index (χ1) is 13.9. The van der Waals surface area contributed by atoms with Crippen LogP contribution in [0.1, 0.15) is 54.7 Å². The van der Waals surface area contributed by atoms with E-state index in [1.54, 1.807) is 24.3 Å². The number of rotatable bonds is 10. The fourth-order valence-corrected chi connectivity index (χ4v) is 2.89. The van der Waals surface area contributed by atoms with Crippen molar-refractivity contribution >= 4 is 17.7 Å². The van der Waals surface area contributed by atoms with Crippen molar-refractivity contribution in [3.63, 3.8) is 0 Å². The van der Waals surface area contributed by atoms with Crippen LogP contribution in [-0.4, -0.2) is 30.9 Å². The van der Waals surface area contributed by atoms with E-state index in [4.69, 9.17) is 9.47 Å². The number of carbonyl (C=O) groups is 3. The molecular weight excluding hydrogens is 370 g/mol. The van der Waals surface area contributed by atoms with Crippen molar-refractivity contribution in [1.29, 1.82) is 0 Å². The maximum Gasteiger partial charge on any atom is 0.306 e. The van der Waals surface area contributed by atoms with E-state index in [1.807, 2.05) is 38.1 Å². The van der Waals surface area contributed by atoms with Crippen LogP contribution in [0.25, 0.3) is 0 Å². The van der Waals surface area contributed by atoms with Crippen LogP contribution in [0.5, 0.6) is 5.75 Å². The number of esters is 1. The molecule has 2 aromatic carbocycles. The Morgan fingerprint density at radius 3 is 2.38 bits per heavy atom. The number of amides is 1. The van der Waals surface area contributed by atoms with E-state index in [-0.39, 0.29) is 30.8 Å². The largest absolute Gasteiger partial charge is 0.494 e. The third-order valence-corrected chi connectivity index (χ3v) is 4.39. The fraction of sp³-hybridized carbons (Fsp3) is 0.348. The minimum Gasteiger partial charge on any atom is -0.494 e. The van der Waals surface area contributed by atoms with E-state index >= 15 is 0 Å². The van der Waals surface area contributed by atoms with Gasteiger partial charge in [-0.3, -0.25) is 14.4 Å². The van der Waals surface area contributed by atoms with E-state index < -0.39 is 5.97 Å². The minimum atomic E-state index is -0.430. The topological polar surface area (TPSA) is 81.7 Å². The lowest BCUT2D eigenvalue weighted by Gasteiger charge is -2.13. The average molecular weight is 397 g/mol. The maximum absolute atomic E-state index is 12.3. The van der Waals surface area contributed by atoms with Crippen LogP contribution in [0, 0.1) is 0 Å². The van der Waals surface area contributed by atoms with Crippen molar-refractivity contribution in [3.8, 4) is 5.75 Å². The third-order valence-electron chi connectivity index (χ3n) is 4.39. The smallest absolute Gasteiger partial charge is 0.306 e. The monoisotopic (exact) mass is 397 g/mol. The summed E-state index contributed by atoms with van der Waals surface area (Å²) in [5, 5.41) is 2.79. The van der Waals surface area contributed by atoms with Crippen molar-refractivity contribution in [1.82, 2.24) is 5.32 Å². The first-order valence-corrected chi connectivity index (χ1v) is 9.67. The molecule has 0 aromatic heterocycles. The van der Waals surface area contributed by atoms with Gasteiger partial charge in [0.25, 0.3) is 0 Å². The van der Waals surface area contributed by atoms with Crippen LogP contribution in [0.15, 0.2) is 48.5 Å². The lowest BCUT2D eigenvalue weighted by molar-refractivity contribution is -0.142. The van der Waals surface area contributed by atoms with Crippen LogP contribution in [-0.2, 0) is 20.7 Å². The van der Waals surface area contributed by atoms with Gasteiger partial charge in [0.15, 0.2) is 12.4 Å². The molecule has 1 amide bonds. The predicted molar refractivity (Wildman–Crippen MR) is 110 cm³/mol. The molecule has 0 aliphatic rings. The quantitative estimate of drug-likeness (QED) is 0.489. The fourth-order valence-electron chi connectivity index (χ4n) is 2.89. The molecule has 0 unspecified atom stereocenters. The molecule has 2 aromatic rings. The summed E-state index contributed by atoms with van der Waals surface area (Å²) >= 11 is 0. The van der Waals surface area contributed by atoms with Gasteiger partial charge in [-0.2, -0.15) is 0 Å². The number of ether oxygens (including phenoxy) is 2. The molecule has 1 atom stereocenters. The van der Waals surface area contributed by atoms with E-state index in [0.29, 0.717) is 18.6 Å². The van der Waals surface area contributed by atoms with Crippen molar-refractivity contribution in [2.45, 2.75) is 39.7 Å². The molecule has 0 saturated heterocycles. The first kappa shape index (κ1) is 22.1. The van der Waals surface area contributed by atoms with Crippen molar-refractivity contribution < 1.29 is 23.9 Å². The molecule has 0 fully saturated rings. The number of aryl methyl sites for hydroxylation is 1. The van der Waals surface area contributed by atoms with Crippen LogP contribution in [0.2, 0.25) is 0 Å². The lowest BCUT2D eigenvalue weighted by atomic mass is 10.0. The Morgan fingerprint density at radius 1 is 1.03 bits per heavy atom. The molecule has 0 saturated carbocycles. The van der Waals surface area contributed by atoms with Crippen molar-refractivity contribution in [2.24, 2.45) is 0 Å². The van der Waals surface area contributed by atoms with Crippen molar-refractivity contribution in [3.05, 3.63) is 65.2 Å². The zero-order chi connectivity index (χ0) is 21.2. The summed E-state index contributed by atoms with van der Waals surface area (Å²) in [6, 6.07) is 14.3. The highest BCUT2D eigenvalue weighted by Gasteiger charge is 2.13. The normalized spacial score (nSPS) is 11.4. The SMILES string of the molecule is CCOc1ccccc1CCC(=O)OCC(=O)c1ccc([C@@H](C)NC(C)=O)cc1. The molecule has 154 valence electrons. The molecule has 0 aliphatic carbocycles. The Labute approximate surface area is 171 Å². The molecule has 29 heavy (non-hydrogen) atoms. The van der Waals surface area contributed by atoms with Crippen LogP contribution < -0.4 is 10.1 Å². The third kappa shape index (κ3) is 7.07. The Morgan fingerprint density at radius 2 is 1.72 bits per heavy atom. The van der Waals surface area contributed by atoms with E-state index in [1.165, 1.54) is 6.92 Å². The standard InChI is InChI=1S/C23H27NO5/c1-4-28-22-8-6-5-7-20(22)13-14-23(27)29-15-21(26)19-11-9-18(10-12-19)16(2)24-17(3)25/h5-12,16H,4,13-15H2,1-3H3,(H,24,25)/t16-/m1/s1. The Balaban J connectivity index is 1.82. The summed E-state index contributed by atoms with van der Waals surface area (Å²) in [7, 11) is 0. The summed E-state index contributed by atoms with van der Waals surface area (Å²) < 4.78 is 10.7. The summed E-state index contributed by atoms with van der Waals surface area (Å²) in [6.45, 7) is 5.48. The van der Waals surface area contributed by atoms with Gasteiger partial charge in [0.05, 0.1) is 12.6 Å². The van der Waals surface area contributed by atoms with Crippen molar-refractivity contribution in [2.75, 3.05) is 13.2 Å². The second kappa shape index (κ2) is 11.0. The van der Waals surface area contributed by atoms with Crippen LogP contribution in [0.3, 0.4) is 0 Å². The van der Waals surface area contributed by atoms with E-state index in [9.17, 15) is 14.4 Å². The number of carbonyl (C=O) groups excluding carboxylic acids is 3. The molecule has 0 heterocycles. The van der Waals surface area contributed by atoms with Gasteiger partial charge in [-0.15, -0.1) is 0 Å². The number of para-hydroxylation sites is 1. The molecular formula is C23H27NO5. The zero-order valence-corrected chi connectivity index (χ0v) is 17.1. The molecule has 0 spiro atoms. The number of nitrogens with one attached hydrogen (secondary N) is 1. The minimum absolute atomic E-state index is 0.117. The van der Waals surface area contributed by atoms with E-state index in [0.717, 1.165) is 16.9 Å². The Kier molecular flexibility index (Phi) is 8.40. The molecule has 0 radical (unpaired) electrons. The molecule has 6 heteroatoms. The second-order valence-corrected chi connectivity index (χ2v) is 6.67. The highest BCUT2D eigenvalue weighted by molar-refractivity contribution is 5.98. The predicted octanol–water partition coefficient (Wildman–Crippen LogP) is 3.64. The second-order valence-electron chi connectivity index (χ2n) is 6.67. The Hall–Kier alpha value is -3.15. The van der Waals surface area contributed by atoms with Gasteiger partial charge in [-0.1, -0.05) is 42.5 Å².